The number of ether oxygens (including phenoxy) is 1. The second kappa shape index (κ2) is 11.6. The molecule has 0 heterocycles. The van der Waals surface area contributed by atoms with Gasteiger partial charge in [0.2, 0.25) is 6.10 Å². The number of hydrogen-bond acceptors (Lipinski definition) is 5. The van der Waals surface area contributed by atoms with Gasteiger partial charge in [-0.15, -0.1) is 0 Å². The fourth-order valence-electron chi connectivity index (χ4n) is 3.49. The highest BCUT2D eigenvalue weighted by Gasteiger charge is 2.20. The first-order valence-electron chi connectivity index (χ1n) is 9.93. The fourth-order valence-corrected chi connectivity index (χ4v) is 3.66. The Hall–Kier alpha value is -2.31. The molecule has 2 atom stereocenters. The van der Waals surface area contributed by atoms with Crippen molar-refractivity contribution in [2.45, 2.75) is 56.4 Å². The lowest BCUT2D eigenvalue weighted by atomic mass is 9.84. The van der Waals surface area contributed by atoms with Crippen molar-refractivity contribution in [3.05, 3.63) is 71.3 Å². The van der Waals surface area contributed by atoms with Gasteiger partial charge in [0.1, 0.15) is 0 Å². The van der Waals surface area contributed by atoms with Crippen LogP contribution in [-0.4, -0.2) is 11.9 Å². The number of carbonyl (C=O) groups excluding carboxylic acids is 2. The molecule has 156 valence electrons. The van der Waals surface area contributed by atoms with Crippen molar-refractivity contribution in [1.29, 1.82) is 0 Å². The molecule has 6 heteroatoms. The van der Waals surface area contributed by atoms with Gasteiger partial charge >= 0.3 is 5.97 Å². The molecule has 0 saturated heterocycles. The summed E-state index contributed by atoms with van der Waals surface area (Å²) in [6, 6.07) is 17.3. The van der Waals surface area contributed by atoms with Gasteiger partial charge in [-0.2, -0.15) is 12.6 Å². The lowest BCUT2D eigenvalue weighted by Gasteiger charge is -2.22. The fraction of sp³-hybridized carbons (Fsp3) is 0.391. The Morgan fingerprint density at radius 2 is 1.55 bits per heavy atom. The number of nitrogens with two attached hydrogens (primary N) is 2. The second-order valence-electron chi connectivity index (χ2n) is 7.25. The van der Waals surface area contributed by atoms with Gasteiger partial charge in [-0.25, -0.2) is 0 Å². The number of esters is 1. The minimum atomic E-state index is -0.992. The molecule has 0 bridgehead atoms. The highest BCUT2D eigenvalue weighted by molar-refractivity contribution is 7.80. The minimum absolute atomic E-state index is 0.148. The standard InChI is InChI=1S/C13H19NS.C10H11NO3/c14-13(15)12-8-6-11(7-9-12)10-4-2-1-3-5-10;1-7(12)14-9(10(11)13)8-5-3-2-4-6-8/h6-10,13,15H,1-5,14H2;2-6,9H,1H3,(H2,11,13). The number of amides is 1. The molecular weight excluding hydrogens is 384 g/mol. The summed E-state index contributed by atoms with van der Waals surface area (Å²) in [4.78, 5) is 21.7. The summed E-state index contributed by atoms with van der Waals surface area (Å²) in [5.74, 6) is -0.423. The Balaban J connectivity index is 0.000000208. The summed E-state index contributed by atoms with van der Waals surface area (Å²) in [7, 11) is 0. The third-order valence-corrected chi connectivity index (χ3v) is 5.30. The molecule has 1 fully saturated rings. The maximum atomic E-state index is 11.0. The van der Waals surface area contributed by atoms with Crippen LogP contribution in [0.15, 0.2) is 54.6 Å². The second-order valence-corrected chi connectivity index (χ2v) is 7.81. The van der Waals surface area contributed by atoms with Crippen LogP contribution in [0, 0.1) is 0 Å². The molecule has 2 unspecified atom stereocenters. The zero-order valence-corrected chi connectivity index (χ0v) is 17.7. The Bertz CT molecular complexity index is 772. The first kappa shape index (κ1) is 23.0. The SMILES string of the molecule is CC(=O)OC(C(N)=O)c1ccccc1.NC(S)c1ccc(C2CCCCC2)cc1. The van der Waals surface area contributed by atoms with Crippen LogP contribution < -0.4 is 11.5 Å². The van der Waals surface area contributed by atoms with E-state index in [1.54, 1.807) is 30.3 Å². The van der Waals surface area contributed by atoms with E-state index in [2.05, 4.69) is 36.9 Å². The van der Waals surface area contributed by atoms with Crippen molar-refractivity contribution in [2.75, 3.05) is 0 Å². The Kier molecular flexibility index (Phi) is 9.22. The number of carbonyl (C=O) groups is 2. The Morgan fingerprint density at radius 1 is 0.966 bits per heavy atom. The van der Waals surface area contributed by atoms with Crippen molar-refractivity contribution >= 4 is 24.5 Å². The molecule has 0 radical (unpaired) electrons. The van der Waals surface area contributed by atoms with E-state index < -0.39 is 18.0 Å². The van der Waals surface area contributed by atoms with Crippen LogP contribution in [0.3, 0.4) is 0 Å². The average molecular weight is 415 g/mol. The average Bonchev–Trinajstić information content (AvgIpc) is 2.73. The van der Waals surface area contributed by atoms with E-state index in [0.717, 1.165) is 11.5 Å². The molecular formula is C23H30N2O3S. The van der Waals surface area contributed by atoms with E-state index in [-0.39, 0.29) is 5.37 Å². The summed E-state index contributed by atoms with van der Waals surface area (Å²) in [6.07, 6.45) is 5.90. The van der Waals surface area contributed by atoms with Crippen LogP contribution in [0.4, 0.5) is 0 Å². The molecule has 2 aromatic rings. The lowest BCUT2D eigenvalue weighted by molar-refractivity contribution is -0.153. The normalized spacial score (nSPS) is 16.1. The summed E-state index contributed by atoms with van der Waals surface area (Å²) >= 11 is 4.23. The summed E-state index contributed by atoms with van der Waals surface area (Å²) in [5, 5.41) is -0.148. The highest BCUT2D eigenvalue weighted by Crippen LogP contribution is 2.33. The van der Waals surface area contributed by atoms with Crippen LogP contribution in [0.25, 0.3) is 0 Å². The zero-order chi connectivity index (χ0) is 21.2. The Morgan fingerprint density at radius 3 is 2.03 bits per heavy atom. The van der Waals surface area contributed by atoms with E-state index in [1.165, 1.54) is 44.6 Å². The van der Waals surface area contributed by atoms with Gasteiger partial charge in [0.05, 0.1) is 5.37 Å². The molecule has 5 nitrogen and oxygen atoms in total. The number of rotatable bonds is 5. The number of benzene rings is 2. The van der Waals surface area contributed by atoms with Crippen molar-refractivity contribution in [3.8, 4) is 0 Å². The zero-order valence-electron chi connectivity index (χ0n) is 16.8. The predicted octanol–water partition coefficient (Wildman–Crippen LogP) is 4.40. The van der Waals surface area contributed by atoms with Crippen molar-refractivity contribution in [2.24, 2.45) is 11.5 Å². The van der Waals surface area contributed by atoms with Crippen LogP contribution in [0.1, 0.15) is 73.1 Å². The van der Waals surface area contributed by atoms with Gasteiger partial charge in [0.25, 0.3) is 5.91 Å². The number of thiol groups is 1. The first-order chi connectivity index (χ1) is 13.9. The summed E-state index contributed by atoms with van der Waals surface area (Å²) in [5.41, 5.74) is 14.0. The van der Waals surface area contributed by atoms with Gasteiger partial charge in [0.15, 0.2) is 0 Å². The third kappa shape index (κ3) is 7.55. The van der Waals surface area contributed by atoms with Gasteiger partial charge in [-0.3, -0.25) is 9.59 Å². The van der Waals surface area contributed by atoms with Gasteiger partial charge in [-0.05, 0) is 29.9 Å². The number of primary amides is 1. The van der Waals surface area contributed by atoms with Gasteiger partial charge in [-0.1, -0.05) is 73.9 Å². The van der Waals surface area contributed by atoms with Crippen LogP contribution in [0.5, 0.6) is 0 Å². The van der Waals surface area contributed by atoms with E-state index in [1.807, 2.05) is 0 Å². The molecule has 29 heavy (non-hydrogen) atoms. The van der Waals surface area contributed by atoms with Gasteiger partial charge < -0.3 is 16.2 Å². The molecule has 4 N–H and O–H groups in total. The Labute approximate surface area is 178 Å². The van der Waals surface area contributed by atoms with Crippen LogP contribution in [0.2, 0.25) is 0 Å². The largest absolute Gasteiger partial charge is 0.447 e. The summed E-state index contributed by atoms with van der Waals surface area (Å²) < 4.78 is 4.78. The molecule has 1 amide bonds. The lowest BCUT2D eigenvalue weighted by Crippen LogP contribution is -2.25. The molecule has 1 saturated carbocycles. The molecule has 0 spiro atoms. The molecule has 2 aromatic carbocycles. The third-order valence-electron chi connectivity index (χ3n) is 5.00. The topological polar surface area (TPSA) is 95.4 Å². The van der Waals surface area contributed by atoms with Crippen molar-refractivity contribution < 1.29 is 14.3 Å². The first-order valence-corrected chi connectivity index (χ1v) is 10.4. The van der Waals surface area contributed by atoms with E-state index >= 15 is 0 Å². The molecule has 3 rings (SSSR count). The molecule has 1 aliphatic rings. The predicted molar refractivity (Wildman–Crippen MR) is 118 cm³/mol. The number of hydrogen-bond donors (Lipinski definition) is 3. The van der Waals surface area contributed by atoms with Crippen LogP contribution >= 0.6 is 12.6 Å². The monoisotopic (exact) mass is 414 g/mol. The molecule has 0 aromatic heterocycles. The van der Waals surface area contributed by atoms with E-state index in [0.29, 0.717) is 5.56 Å². The van der Waals surface area contributed by atoms with E-state index in [4.69, 9.17) is 16.2 Å². The smallest absolute Gasteiger partial charge is 0.303 e. The van der Waals surface area contributed by atoms with Crippen LogP contribution in [-0.2, 0) is 14.3 Å². The highest BCUT2D eigenvalue weighted by atomic mass is 32.1. The van der Waals surface area contributed by atoms with E-state index in [9.17, 15) is 9.59 Å². The van der Waals surface area contributed by atoms with Gasteiger partial charge in [0, 0.05) is 12.5 Å². The quantitative estimate of drug-likeness (QED) is 0.384. The minimum Gasteiger partial charge on any atom is -0.447 e. The maximum Gasteiger partial charge on any atom is 0.303 e. The molecule has 0 aliphatic heterocycles. The van der Waals surface area contributed by atoms with Crippen molar-refractivity contribution in [1.82, 2.24) is 0 Å². The summed E-state index contributed by atoms with van der Waals surface area (Å²) in [6.45, 7) is 1.23. The maximum absolute atomic E-state index is 11.0. The molecule has 1 aliphatic carbocycles. The van der Waals surface area contributed by atoms with Crippen molar-refractivity contribution in [3.63, 3.8) is 0 Å².